The van der Waals surface area contributed by atoms with Crippen molar-refractivity contribution in [3.63, 3.8) is 0 Å². The third-order valence-corrected chi connectivity index (χ3v) is 7.34. The molecule has 0 atom stereocenters. The Kier molecular flexibility index (Phi) is 7.21. The number of anilines is 1. The number of nitrogens with one attached hydrogen (secondary N) is 1. The monoisotopic (exact) mass is 471 g/mol. The molecule has 0 unspecified atom stereocenters. The normalized spacial score (nSPS) is 12.9. The number of aryl methyl sites for hydroxylation is 1. The van der Waals surface area contributed by atoms with Crippen molar-refractivity contribution in [2.75, 3.05) is 17.7 Å². The summed E-state index contributed by atoms with van der Waals surface area (Å²) < 4.78 is 7.20. The number of nitrogens with zero attached hydrogens (tertiary/aromatic N) is 4. The minimum Gasteiger partial charge on any atom is -0.462 e. The lowest BCUT2D eigenvalue weighted by Crippen LogP contribution is -2.17. The van der Waals surface area contributed by atoms with E-state index in [4.69, 9.17) is 4.74 Å². The molecule has 0 saturated heterocycles. The summed E-state index contributed by atoms with van der Waals surface area (Å²) in [5, 5.41) is 12.7. The van der Waals surface area contributed by atoms with Crippen molar-refractivity contribution < 1.29 is 14.3 Å². The maximum Gasteiger partial charge on any atom is 0.341 e. The van der Waals surface area contributed by atoms with Crippen LogP contribution in [0, 0.1) is 0 Å². The summed E-state index contributed by atoms with van der Waals surface area (Å²) in [5.41, 5.74) is 2.30. The maximum atomic E-state index is 12.8. The Hall–Kier alpha value is -2.72. The second-order valence-electron chi connectivity index (χ2n) is 7.24. The standard InChI is InChI=1S/C22H25N5O3S2/c1-3-27-19(15-10-7-8-12-23-15)25-26-22(27)31-13-17(28)24-20-18(21(29)30-4-2)14-9-5-6-11-16(14)32-20/h7-8,10,12H,3-6,9,11,13H2,1-2H3,(H,24,28). The van der Waals surface area contributed by atoms with Crippen LogP contribution >= 0.6 is 23.1 Å². The van der Waals surface area contributed by atoms with Gasteiger partial charge in [0.1, 0.15) is 10.7 Å². The van der Waals surface area contributed by atoms with Crippen LogP contribution in [0.15, 0.2) is 29.6 Å². The van der Waals surface area contributed by atoms with E-state index in [2.05, 4.69) is 20.5 Å². The maximum absolute atomic E-state index is 12.8. The van der Waals surface area contributed by atoms with E-state index >= 15 is 0 Å². The van der Waals surface area contributed by atoms with E-state index in [0.717, 1.165) is 36.9 Å². The zero-order valence-electron chi connectivity index (χ0n) is 18.1. The summed E-state index contributed by atoms with van der Waals surface area (Å²) in [7, 11) is 0. The second-order valence-corrected chi connectivity index (χ2v) is 9.29. The highest BCUT2D eigenvalue weighted by molar-refractivity contribution is 7.99. The number of rotatable bonds is 8. The van der Waals surface area contributed by atoms with Crippen molar-refractivity contribution in [1.82, 2.24) is 19.7 Å². The Balaban J connectivity index is 1.48. The molecule has 10 heteroatoms. The van der Waals surface area contributed by atoms with Crippen LogP contribution in [0.1, 0.15) is 47.5 Å². The van der Waals surface area contributed by atoms with Crippen molar-refractivity contribution in [2.45, 2.75) is 51.2 Å². The molecule has 0 fully saturated rings. The number of thioether (sulfide) groups is 1. The molecule has 8 nitrogen and oxygen atoms in total. The quantitative estimate of drug-likeness (QED) is 0.388. The number of aromatic nitrogens is 4. The Labute approximate surface area is 194 Å². The highest BCUT2D eigenvalue weighted by atomic mass is 32.2. The Bertz CT molecular complexity index is 1110. The molecule has 1 aliphatic carbocycles. The van der Waals surface area contributed by atoms with Gasteiger partial charge in [0.25, 0.3) is 0 Å². The van der Waals surface area contributed by atoms with Crippen LogP contribution < -0.4 is 5.32 Å². The number of amides is 1. The summed E-state index contributed by atoms with van der Waals surface area (Å²) in [5.74, 6) is 0.279. The highest BCUT2D eigenvalue weighted by Gasteiger charge is 2.27. The first-order chi connectivity index (χ1) is 15.6. The number of thiophene rings is 1. The number of fused-ring (bicyclic) bond motifs is 1. The lowest BCUT2D eigenvalue weighted by Gasteiger charge is -2.12. The largest absolute Gasteiger partial charge is 0.462 e. The predicted molar refractivity (Wildman–Crippen MR) is 125 cm³/mol. The molecule has 0 radical (unpaired) electrons. The molecule has 32 heavy (non-hydrogen) atoms. The van der Waals surface area contributed by atoms with E-state index in [9.17, 15) is 9.59 Å². The molecule has 3 aromatic heterocycles. The van der Waals surface area contributed by atoms with Gasteiger partial charge >= 0.3 is 5.97 Å². The summed E-state index contributed by atoms with van der Waals surface area (Å²) in [4.78, 5) is 30.9. The molecule has 3 heterocycles. The fourth-order valence-corrected chi connectivity index (χ4v) is 5.83. The summed E-state index contributed by atoms with van der Waals surface area (Å²) in [6.07, 6.45) is 5.65. The number of ether oxygens (including phenoxy) is 1. The number of pyridine rings is 1. The molecule has 0 saturated carbocycles. The summed E-state index contributed by atoms with van der Waals surface area (Å²) in [6.45, 7) is 4.75. The van der Waals surface area contributed by atoms with Gasteiger partial charge < -0.3 is 14.6 Å². The fraction of sp³-hybridized carbons (Fsp3) is 0.409. The van der Waals surface area contributed by atoms with E-state index in [0.29, 0.717) is 34.7 Å². The van der Waals surface area contributed by atoms with E-state index in [-0.39, 0.29) is 17.6 Å². The third kappa shape index (κ3) is 4.71. The summed E-state index contributed by atoms with van der Waals surface area (Å²) in [6, 6.07) is 5.63. The van der Waals surface area contributed by atoms with Gasteiger partial charge in [-0.25, -0.2) is 4.79 Å². The lowest BCUT2D eigenvalue weighted by molar-refractivity contribution is -0.113. The van der Waals surface area contributed by atoms with Gasteiger partial charge in [0.05, 0.1) is 17.9 Å². The molecule has 4 rings (SSSR count). The Morgan fingerprint density at radius 1 is 1.22 bits per heavy atom. The first-order valence-electron chi connectivity index (χ1n) is 10.7. The van der Waals surface area contributed by atoms with Crippen molar-refractivity contribution in [3.8, 4) is 11.5 Å². The van der Waals surface area contributed by atoms with Crippen molar-refractivity contribution in [2.24, 2.45) is 0 Å². The smallest absolute Gasteiger partial charge is 0.341 e. The SMILES string of the molecule is CCOC(=O)c1c(NC(=O)CSc2nnc(-c3ccccn3)n2CC)sc2c1CCCC2. The molecule has 0 aliphatic heterocycles. The zero-order valence-corrected chi connectivity index (χ0v) is 19.7. The van der Waals surface area contributed by atoms with Crippen molar-refractivity contribution >= 4 is 40.0 Å². The third-order valence-electron chi connectivity index (χ3n) is 5.16. The molecular formula is C22H25N5O3S2. The van der Waals surface area contributed by atoms with Crippen LogP contribution in [0.4, 0.5) is 5.00 Å². The van der Waals surface area contributed by atoms with Crippen LogP contribution in [-0.4, -0.2) is 44.0 Å². The Morgan fingerprint density at radius 3 is 2.81 bits per heavy atom. The van der Waals surface area contributed by atoms with Crippen LogP contribution in [0.2, 0.25) is 0 Å². The molecule has 3 aromatic rings. The molecular weight excluding hydrogens is 446 g/mol. The van der Waals surface area contributed by atoms with E-state index in [1.807, 2.05) is 29.7 Å². The molecule has 0 bridgehead atoms. The van der Waals surface area contributed by atoms with Crippen LogP contribution in [0.5, 0.6) is 0 Å². The van der Waals surface area contributed by atoms with Gasteiger partial charge in [-0.15, -0.1) is 21.5 Å². The van der Waals surface area contributed by atoms with Gasteiger partial charge in [-0.1, -0.05) is 17.8 Å². The number of hydrogen-bond donors (Lipinski definition) is 1. The van der Waals surface area contributed by atoms with Crippen LogP contribution in [0.25, 0.3) is 11.5 Å². The van der Waals surface area contributed by atoms with Crippen molar-refractivity contribution in [1.29, 1.82) is 0 Å². The number of esters is 1. The number of hydrogen-bond acceptors (Lipinski definition) is 8. The molecule has 1 aliphatic rings. The van der Waals surface area contributed by atoms with Gasteiger partial charge in [-0.05, 0) is 57.2 Å². The van der Waals surface area contributed by atoms with E-state index in [1.54, 1.807) is 13.1 Å². The van der Waals surface area contributed by atoms with E-state index < -0.39 is 0 Å². The average molecular weight is 472 g/mol. The second kappa shape index (κ2) is 10.3. The minimum atomic E-state index is -0.361. The van der Waals surface area contributed by atoms with Crippen LogP contribution in [-0.2, 0) is 28.9 Å². The first-order valence-corrected chi connectivity index (χ1v) is 12.5. The van der Waals surface area contributed by atoms with Gasteiger partial charge in [0, 0.05) is 17.6 Å². The molecule has 0 spiro atoms. The van der Waals surface area contributed by atoms with Gasteiger partial charge in [-0.2, -0.15) is 0 Å². The molecule has 0 aromatic carbocycles. The number of carbonyl (C=O) groups excluding carboxylic acids is 2. The van der Waals surface area contributed by atoms with Gasteiger partial charge in [-0.3, -0.25) is 9.78 Å². The van der Waals surface area contributed by atoms with E-state index in [1.165, 1.54) is 28.0 Å². The predicted octanol–water partition coefficient (Wildman–Crippen LogP) is 4.21. The van der Waals surface area contributed by atoms with Crippen LogP contribution in [0.3, 0.4) is 0 Å². The summed E-state index contributed by atoms with van der Waals surface area (Å²) >= 11 is 2.80. The average Bonchev–Trinajstić information content (AvgIpc) is 3.39. The number of carbonyl (C=O) groups is 2. The highest BCUT2D eigenvalue weighted by Crippen LogP contribution is 2.38. The van der Waals surface area contributed by atoms with Gasteiger partial charge in [0.15, 0.2) is 11.0 Å². The topological polar surface area (TPSA) is 99.0 Å². The molecule has 1 amide bonds. The van der Waals surface area contributed by atoms with Gasteiger partial charge in [0.2, 0.25) is 5.91 Å². The minimum absolute atomic E-state index is 0.158. The molecule has 168 valence electrons. The first kappa shape index (κ1) is 22.5. The zero-order chi connectivity index (χ0) is 22.5. The Morgan fingerprint density at radius 2 is 2.06 bits per heavy atom. The van der Waals surface area contributed by atoms with Crippen molar-refractivity contribution in [3.05, 3.63) is 40.4 Å². The fourth-order valence-electron chi connectivity index (χ4n) is 3.73. The lowest BCUT2D eigenvalue weighted by atomic mass is 9.95. The molecule has 1 N–H and O–H groups in total.